The van der Waals surface area contributed by atoms with Crippen LogP contribution < -0.4 is 0 Å². The molecule has 0 aromatic heterocycles. The van der Waals surface area contributed by atoms with Crippen LogP contribution in [0.3, 0.4) is 0 Å². The number of ether oxygens (including phenoxy) is 1. The Balaban J connectivity index is 2.92. The summed E-state index contributed by atoms with van der Waals surface area (Å²) in [6.07, 6.45) is -2.21. The number of benzene rings is 1. The van der Waals surface area contributed by atoms with Crippen LogP contribution in [0.25, 0.3) is 6.08 Å². The third kappa shape index (κ3) is 5.25. The molecule has 0 N–H and O–H groups in total. The highest BCUT2D eigenvalue weighted by atomic mass is 35.5. The summed E-state index contributed by atoms with van der Waals surface area (Å²) in [5, 5.41) is -0.382. The van der Waals surface area contributed by atoms with Gasteiger partial charge in [0.15, 0.2) is 0 Å². The SMILES string of the molecule is CC(C)(C)OC(=O)C=Cc1ccc(Cl)c(C(F)(F)F)c1. The van der Waals surface area contributed by atoms with Crippen LogP contribution in [0, 0.1) is 0 Å². The van der Waals surface area contributed by atoms with Crippen LogP contribution in [0.4, 0.5) is 13.2 Å². The number of hydrogen-bond donors (Lipinski definition) is 0. The Hall–Kier alpha value is -1.49. The minimum absolute atomic E-state index is 0.215. The smallest absolute Gasteiger partial charge is 0.417 e. The van der Waals surface area contributed by atoms with Gasteiger partial charge in [-0.25, -0.2) is 4.79 Å². The predicted molar refractivity (Wildman–Crippen MR) is 71.3 cm³/mol. The maximum Gasteiger partial charge on any atom is 0.417 e. The molecule has 2 nitrogen and oxygen atoms in total. The Labute approximate surface area is 120 Å². The van der Waals surface area contributed by atoms with Crippen molar-refractivity contribution in [1.29, 1.82) is 0 Å². The largest absolute Gasteiger partial charge is 0.457 e. The Kier molecular flexibility index (Phi) is 4.86. The zero-order chi connectivity index (χ0) is 15.6. The van der Waals surface area contributed by atoms with Gasteiger partial charge in [0.2, 0.25) is 0 Å². The van der Waals surface area contributed by atoms with Gasteiger partial charge in [-0.15, -0.1) is 0 Å². The maximum absolute atomic E-state index is 12.6. The van der Waals surface area contributed by atoms with Crippen LogP contribution in [0.1, 0.15) is 31.9 Å². The van der Waals surface area contributed by atoms with Gasteiger partial charge in [-0.1, -0.05) is 17.7 Å². The fourth-order valence-corrected chi connectivity index (χ4v) is 1.59. The molecule has 0 aliphatic rings. The molecular weight excluding hydrogens is 293 g/mol. The van der Waals surface area contributed by atoms with Crippen molar-refractivity contribution >= 4 is 23.6 Å². The summed E-state index contributed by atoms with van der Waals surface area (Å²) in [5.74, 6) is -0.624. The number of halogens is 4. The zero-order valence-electron chi connectivity index (χ0n) is 11.2. The summed E-state index contributed by atoms with van der Waals surface area (Å²) < 4.78 is 43.0. The Morgan fingerprint density at radius 3 is 2.35 bits per heavy atom. The minimum atomic E-state index is -4.53. The average molecular weight is 307 g/mol. The van der Waals surface area contributed by atoms with Crippen LogP contribution in [0.5, 0.6) is 0 Å². The molecule has 1 aromatic carbocycles. The molecule has 6 heteroatoms. The molecule has 0 amide bonds. The van der Waals surface area contributed by atoms with Crippen LogP contribution in [0.15, 0.2) is 24.3 Å². The quantitative estimate of drug-likeness (QED) is 0.584. The first kappa shape index (κ1) is 16.6. The van der Waals surface area contributed by atoms with Gasteiger partial charge >= 0.3 is 12.1 Å². The van der Waals surface area contributed by atoms with Crippen molar-refractivity contribution in [2.75, 3.05) is 0 Å². The molecule has 0 spiro atoms. The Morgan fingerprint density at radius 2 is 1.85 bits per heavy atom. The van der Waals surface area contributed by atoms with Crippen molar-refractivity contribution in [1.82, 2.24) is 0 Å². The molecule has 0 fully saturated rings. The maximum atomic E-state index is 12.6. The first-order valence-electron chi connectivity index (χ1n) is 5.77. The standard InChI is InChI=1S/C14H14ClF3O2/c1-13(2,3)20-12(19)7-5-9-4-6-11(15)10(8-9)14(16,17)18/h4-8H,1-3H3. The van der Waals surface area contributed by atoms with Crippen molar-refractivity contribution < 1.29 is 22.7 Å². The first-order chi connectivity index (χ1) is 8.99. The number of carbonyl (C=O) groups excluding carboxylic acids is 1. The highest BCUT2D eigenvalue weighted by molar-refractivity contribution is 6.31. The molecule has 0 bridgehead atoms. The van der Waals surface area contributed by atoms with E-state index in [0.717, 1.165) is 18.2 Å². The van der Waals surface area contributed by atoms with E-state index in [9.17, 15) is 18.0 Å². The minimum Gasteiger partial charge on any atom is -0.457 e. The van der Waals surface area contributed by atoms with Crippen molar-refractivity contribution in [3.05, 3.63) is 40.4 Å². The van der Waals surface area contributed by atoms with Gasteiger partial charge in [-0.3, -0.25) is 0 Å². The predicted octanol–water partition coefficient (Wildman–Crippen LogP) is 4.71. The van der Waals surface area contributed by atoms with Gasteiger partial charge in [0.1, 0.15) is 5.60 Å². The normalized spacial score (nSPS) is 12.8. The summed E-state index contributed by atoms with van der Waals surface area (Å²) in [6.45, 7) is 5.09. The van der Waals surface area contributed by atoms with Gasteiger partial charge in [-0.2, -0.15) is 13.2 Å². The van der Waals surface area contributed by atoms with Crippen LogP contribution in [-0.4, -0.2) is 11.6 Å². The lowest BCUT2D eigenvalue weighted by Crippen LogP contribution is -2.22. The van der Waals surface area contributed by atoms with E-state index < -0.39 is 23.3 Å². The van der Waals surface area contributed by atoms with Gasteiger partial charge in [0.25, 0.3) is 0 Å². The van der Waals surface area contributed by atoms with E-state index in [1.54, 1.807) is 20.8 Å². The van der Waals surface area contributed by atoms with E-state index in [2.05, 4.69) is 0 Å². The number of carbonyl (C=O) groups is 1. The summed E-state index contributed by atoms with van der Waals surface area (Å²) >= 11 is 5.49. The van der Waals surface area contributed by atoms with Crippen LogP contribution >= 0.6 is 11.6 Å². The highest BCUT2D eigenvalue weighted by Gasteiger charge is 2.33. The molecule has 110 valence electrons. The summed E-state index contributed by atoms with van der Waals surface area (Å²) in [5.41, 5.74) is -1.38. The van der Waals surface area contributed by atoms with Gasteiger partial charge < -0.3 is 4.74 Å². The zero-order valence-corrected chi connectivity index (χ0v) is 12.0. The van der Waals surface area contributed by atoms with Crippen molar-refractivity contribution in [2.45, 2.75) is 32.5 Å². The third-order valence-corrected chi connectivity index (χ3v) is 2.44. The van der Waals surface area contributed by atoms with E-state index in [1.165, 1.54) is 12.1 Å². The molecule has 0 heterocycles. The van der Waals surface area contributed by atoms with E-state index >= 15 is 0 Å². The van der Waals surface area contributed by atoms with Crippen molar-refractivity contribution in [2.24, 2.45) is 0 Å². The third-order valence-electron chi connectivity index (χ3n) is 2.11. The van der Waals surface area contributed by atoms with E-state index in [4.69, 9.17) is 16.3 Å². The highest BCUT2D eigenvalue weighted by Crippen LogP contribution is 2.35. The van der Waals surface area contributed by atoms with E-state index in [-0.39, 0.29) is 10.6 Å². The molecule has 0 unspecified atom stereocenters. The number of esters is 1. The van der Waals surface area contributed by atoms with Crippen LogP contribution in [-0.2, 0) is 15.7 Å². The lowest BCUT2D eigenvalue weighted by Gasteiger charge is -2.17. The molecule has 0 aliphatic heterocycles. The summed E-state index contributed by atoms with van der Waals surface area (Å²) in [6, 6.07) is 3.40. The Morgan fingerprint density at radius 1 is 1.25 bits per heavy atom. The molecule has 1 rings (SSSR count). The molecule has 20 heavy (non-hydrogen) atoms. The molecule has 0 saturated carbocycles. The molecule has 0 atom stereocenters. The molecule has 1 aromatic rings. The van der Waals surface area contributed by atoms with Crippen molar-refractivity contribution in [3.8, 4) is 0 Å². The first-order valence-corrected chi connectivity index (χ1v) is 6.14. The fraction of sp³-hybridized carbons (Fsp3) is 0.357. The summed E-state index contributed by atoms with van der Waals surface area (Å²) in [7, 11) is 0. The average Bonchev–Trinajstić information content (AvgIpc) is 2.24. The van der Waals surface area contributed by atoms with E-state index in [0.29, 0.717) is 0 Å². The van der Waals surface area contributed by atoms with Gasteiger partial charge in [0.05, 0.1) is 10.6 Å². The monoisotopic (exact) mass is 306 g/mol. The lowest BCUT2D eigenvalue weighted by molar-refractivity contribution is -0.148. The topological polar surface area (TPSA) is 26.3 Å². The number of alkyl halides is 3. The molecule has 0 aliphatic carbocycles. The number of hydrogen-bond acceptors (Lipinski definition) is 2. The number of rotatable bonds is 2. The lowest BCUT2D eigenvalue weighted by atomic mass is 10.1. The molecule has 0 saturated heterocycles. The summed E-state index contributed by atoms with van der Waals surface area (Å²) in [4.78, 5) is 11.4. The van der Waals surface area contributed by atoms with Gasteiger partial charge in [-0.05, 0) is 44.5 Å². The second-order valence-corrected chi connectivity index (χ2v) is 5.51. The fourth-order valence-electron chi connectivity index (χ4n) is 1.36. The van der Waals surface area contributed by atoms with Gasteiger partial charge in [0, 0.05) is 6.08 Å². The van der Waals surface area contributed by atoms with Crippen molar-refractivity contribution in [3.63, 3.8) is 0 Å². The second-order valence-electron chi connectivity index (χ2n) is 5.10. The van der Waals surface area contributed by atoms with Crippen LogP contribution in [0.2, 0.25) is 5.02 Å². The Bertz CT molecular complexity index is 528. The molecule has 0 radical (unpaired) electrons. The molecular formula is C14H14ClF3O2. The second kappa shape index (κ2) is 5.87. The van der Waals surface area contributed by atoms with E-state index in [1.807, 2.05) is 0 Å².